The van der Waals surface area contributed by atoms with Crippen LogP contribution in [0.2, 0.25) is 0 Å². The minimum Gasteiger partial charge on any atom is -0.294 e. The van der Waals surface area contributed by atoms with Crippen molar-refractivity contribution in [3.05, 3.63) is 70.3 Å². The lowest BCUT2D eigenvalue weighted by Crippen LogP contribution is -2.04. The van der Waals surface area contributed by atoms with Gasteiger partial charge in [0, 0.05) is 12.0 Å². The predicted octanol–water partition coefficient (Wildman–Crippen LogP) is 3.99. The van der Waals surface area contributed by atoms with Crippen LogP contribution in [0, 0.1) is 25.2 Å². The average Bonchev–Trinajstić information content (AvgIpc) is 2.48. The number of carbonyl (C=O) groups is 1. The molecule has 0 bridgehead atoms. The van der Waals surface area contributed by atoms with E-state index in [1.807, 2.05) is 6.07 Å². The van der Waals surface area contributed by atoms with Crippen molar-refractivity contribution in [2.45, 2.75) is 26.7 Å². The Morgan fingerprint density at radius 3 is 2.60 bits per heavy atom. The fourth-order valence-electron chi connectivity index (χ4n) is 2.29. The molecule has 0 aromatic heterocycles. The Hall–Kier alpha value is -2.40. The predicted molar refractivity (Wildman–Crippen MR) is 79.7 cm³/mol. The van der Waals surface area contributed by atoms with Gasteiger partial charge in [-0.2, -0.15) is 5.26 Å². The van der Waals surface area contributed by atoms with Crippen molar-refractivity contribution in [2.75, 3.05) is 0 Å². The maximum atomic E-state index is 12.2. The average molecular weight is 263 g/mol. The first kappa shape index (κ1) is 14.0. The van der Waals surface area contributed by atoms with Crippen molar-refractivity contribution >= 4 is 5.78 Å². The Bertz CT molecular complexity index is 680. The zero-order valence-corrected chi connectivity index (χ0v) is 11.8. The van der Waals surface area contributed by atoms with E-state index < -0.39 is 0 Å². The summed E-state index contributed by atoms with van der Waals surface area (Å²) in [4.78, 5) is 12.2. The monoisotopic (exact) mass is 263 g/mol. The number of ketones is 1. The standard InChI is InChI=1S/C18H17NO/c1-13-6-5-8-15(14(13)2)10-11-18(20)17-9-4-3-7-16(17)12-19/h3-9H,10-11H2,1-2H3. The maximum absolute atomic E-state index is 12.2. The highest BCUT2D eigenvalue weighted by Gasteiger charge is 2.11. The van der Waals surface area contributed by atoms with Crippen LogP contribution in [-0.4, -0.2) is 5.78 Å². The Labute approximate surface area is 119 Å². The fourth-order valence-corrected chi connectivity index (χ4v) is 2.29. The molecule has 0 saturated carbocycles. The summed E-state index contributed by atoms with van der Waals surface area (Å²) in [6.07, 6.45) is 1.15. The highest BCUT2D eigenvalue weighted by Crippen LogP contribution is 2.17. The molecular weight excluding hydrogens is 246 g/mol. The molecule has 0 aliphatic rings. The van der Waals surface area contributed by atoms with Crippen LogP contribution in [-0.2, 0) is 6.42 Å². The molecule has 0 aliphatic heterocycles. The Balaban J connectivity index is 2.13. The van der Waals surface area contributed by atoms with Crippen LogP contribution in [0.15, 0.2) is 42.5 Å². The molecule has 0 fully saturated rings. The van der Waals surface area contributed by atoms with Gasteiger partial charge in [0.2, 0.25) is 0 Å². The van der Waals surface area contributed by atoms with Gasteiger partial charge in [0.25, 0.3) is 0 Å². The van der Waals surface area contributed by atoms with E-state index in [0.29, 0.717) is 24.0 Å². The number of nitriles is 1. The van der Waals surface area contributed by atoms with E-state index in [1.165, 1.54) is 16.7 Å². The number of hydrogen-bond donors (Lipinski definition) is 0. The van der Waals surface area contributed by atoms with E-state index in [-0.39, 0.29) is 5.78 Å². The van der Waals surface area contributed by atoms with E-state index in [9.17, 15) is 4.79 Å². The summed E-state index contributed by atoms with van der Waals surface area (Å²) in [6, 6.07) is 15.2. The summed E-state index contributed by atoms with van der Waals surface area (Å²) in [7, 11) is 0. The van der Waals surface area contributed by atoms with Gasteiger partial charge in [0.1, 0.15) is 0 Å². The molecule has 0 saturated heterocycles. The molecular formula is C18H17NO. The molecule has 0 unspecified atom stereocenters. The summed E-state index contributed by atoms with van der Waals surface area (Å²) in [5.41, 5.74) is 4.67. The Kier molecular flexibility index (Phi) is 4.32. The molecule has 2 rings (SSSR count). The van der Waals surface area contributed by atoms with Gasteiger partial charge in [-0.05, 0) is 43.0 Å². The van der Waals surface area contributed by atoms with E-state index in [1.54, 1.807) is 24.3 Å². The highest BCUT2D eigenvalue weighted by molar-refractivity contribution is 5.98. The number of benzene rings is 2. The highest BCUT2D eigenvalue weighted by atomic mass is 16.1. The number of hydrogen-bond acceptors (Lipinski definition) is 2. The smallest absolute Gasteiger partial charge is 0.164 e. The van der Waals surface area contributed by atoms with Crippen molar-refractivity contribution in [3.63, 3.8) is 0 Å². The third-order valence-corrected chi connectivity index (χ3v) is 3.69. The van der Waals surface area contributed by atoms with Crippen molar-refractivity contribution in [2.24, 2.45) is 0 Å². The van der Waals surface area contributed by atoms with Gasteiger partial charge in [-0.3, -0.25) is 4.79 Å². The lowest BCUT2D eigenvalue weighted by Gasteiger charge is -2.08. The van der Waals surface area contributed by atoms with Crippen LogP contribution in [0.4, 0.5) is 0 Å². The molecule has 0 N–H and O–H groups in total. The topological polar surface area (TPSA) is 40.9 Å². The summed E-state index contributed by atoms with van der Waals surface area (Å²) in [6.45, 7) is 4.16. The molecule has 0 atom stereocenters. The molecule has 20 heavy (non-hydrogen) atoms. The van der Waals surface area contributed by atoms with Crippen molar-refractivity contribution in [1.82, 2.24) is 0 Å². The van der Waals surface area contributed by atoms with Gasteiger partial charge >= 0.3 is 0 Å². The maximum Gasteiger partial charge on any atom is 0.164 e. The first-order valence-corrected chi connectivity index (χ1v) is 6.71. The third-order valence-electron chi connectivity index (χ3n) is 3.69. The van der Waals surface area contributed by atoms with Gasteiger partial charge in [-0.1, -0.05) is 36.4 Å². The minimum absolute atomic E-state index is 0.0306. The number of Topliss-reactive ketones (excluding diaryl/α,β-unsaturated/α-hetero) is 1. The number of aryl methyl sites for hydroxylation is 2. The molecule has 100 valence electrons. The first-order chi connectivity index (χ1) is 9.63. The third kappa shape index (κ3) is 2.95. The SMILES string of the molecule is Cc1cccc(CCC(=O)c2ccccc2C#N)c1C. The summed E-state index contributed by atoms with van der Waals surface area (Å²) >= 11 is 0. The number of nitrogens with zero attached hydrogens (tertiary/aromatic N) is 1. The molecule has 0 amide bonds. The van der Waals surface area contributed by atoms with Gasteiger partial charge in [0.05, 0.1) is 11.6 Å². The molecule has 2 heteroatoms. The molecule has 0 spiro atoms. The van der Waals surface area contributed by atoms with Crippen LogP contribution < -0.4 is 0 Å². The summed E-state index contributed by atoms with van der Waals surface area (Å²) in [5, 5.41) is 9.03. The van der Waals surface area contributed by atoms with Crippen LogP contribution in [0.25, 0.3) is 0 Å². The van der Waals surface area contributed by atoms with E-state index in [2.05, 4.69) is 32.0 Å². The quantitative estimate of drug-likeness (QED) is 0.782. The van der Waals surface area contributed by atoms with Gasteiger partial charge in [-0.25, -0.2) is 0 Å². The molecule has 2 aromatic carbocycles. The van der Waals surface area contributed by atoms with Gasteiger partial charge in [-0.15, -0.1) is 0 Å². The second-order valence-corrected chi connectivity index (χ2v) is 4.94. The zero-order chi connectivity index (χ0) is 14.5. The van der Waals surface area contributed by atoms with E-state index in [0.717, 1.165) is 0 Å². The van der Waals surface area contributed by atoms with E-state index in [4.69, 9.17) is 5.26 Å². The Morgan fingerprint density at radius 2 is 1.85 bits per heavy atom. The normalized spacial score (nSPS) is 10.1. The molecule has 2 aromatic rings. The lowest BCUT2D eigenvalue weighted by molar-refractivity contribution is 0.0982. The lowest BCUT2D eigenvalue weighted by atomic mass is 9.95. The molecule has 0 aliphatic carbocycles. The van der Waals surface area contributed by atoms with Gasteiger partial charge < -0.3 is 0 Å². The minimum atomic E-state index is 0.0306. The second kappa shape index (κ2) is 6.16. The summed E-state index contributed by atoms with van der Waals surface area (Å²) in [5.74, 6) is 0.0306. The molecule has 0 radical (unpaired) electrons. The zero-order valence-electron chi connectivity index (χ0n) is 11.8. The second-order valence-electron chi connectivity index (χ2n) is 4.94. The largest absolute Gasteiger partial charge is 0.294 e. The molecule has 0 heterocycles. The first-order valence-electron chi connectivity index (χ1n) is 6.71. The van der Waals surface area contributed by atoms with Crippen LogP contribution in [0.3, 0.4) is 0 Å². The Morgan fingerprint density at radius 1 is 1.10 bits per heavy atom. The fraction of sp³-hybridized carbons (Fsp3) is 0.222. The van der Waals surface area contributed by atoms with Crippen molar-refractivity contribution < 1.29 is 4.79 Å². The number of rotatable bonds is 4. The van der Waals surface area contributed by atoms with Crippen LogP contribution >= 0.6 is 0 Å². The van der Waals surface area contributed by atoms with Crippen LogP contribution in [0.1, 0.15) is 39.0 Å². The van der Waals surface area contributed by atoms with Crippen LogP contribution in [0.5, 0.6) is 0 Å². The van der Waals surface area contributed by atoms with Gasteiger partial charge in [0.15, 0.2) is 5.78 Å². The van der Waals surface area contributed by atoms with Crippen molar-refractivity contribution in [1.29, 1.82) is 5.26 Å². The van der Waals surface area contributed by atoms with Crippen molar-refractivity contribution in [3.8, 4) is 6.07 Å². The van der Waals surface area contributed by atoms with E-state index >= 15 is 0 Å². The number of carbonyl (C=O) groups excluding carboxylic acids is 1. The molecule has 2 nitrogen and oxygen atoms in total. The summed E-state index contributed by atoms with van der Waals surface area (Å²) < 4.78 is 0.